The molecule has 0 fully saturated rings. The number of hydrogen-bond donors (Lipinski definition) is 2. The Labute approximate surface area is 307 Å². The van der Waals surface area contributed by atoms with E-state index >= 15 is 0 Å². The fourth-order valence-electron chi connectivity index (χ4n) is 6.52. The first-order valence-electron chi connectivity index (χ1n) is 18.1. The summed E-state index contributed by atoms with van der Waals surface area (Å²) < 4.78 is 12.1. The minimum atomic E-state index is -1.74. The predicted octanol–water partition coefficient (Wildman–Crippen LogP) is 10.6. The van der Waals surface area contributed by atoms with Crippen molar-refractivity contribution in [1.82, 2.24) is 0 Å². The normalized spacial score (nSPS) is 13.8. The molecule has 0 spiro atoms. The molecule has 5 nitrogen and oxygen atoms in total. The maximum absolute atomic E-state index is 13.9. The van der Waals surface area contributed by atoms with E-state index in [4.69, 9.17) is 14.5 Å². The van der Waals surface area contributed by atoms with E-state index in [9.17, 15) is 10.2 Å². The number of aromatic hydroxyl groups is 1. The lowest BCUT2D eigenvalue weighted by atomic mass is 9.73. The van der Waals surface area contributed by atoms with Gasteiger partial charge in [-0.15, -0.1) is 0 Å². The second-order valence-electron chi connectivity index (χ2n) is 18.0. The van der Waals surface area contributed by atoms with Gasteiger partial charge in [0.2, 0.25) is 0 Å². The van der Waals surface area contributed by atoms with Gasteiger partial charge in [0.05, 0.1) is 20.3 Å². The molecule has 4 rings (SSSR count). The van der Waals surface area contributed by atoms with E-state index < -0.39 is 11.6 Å². The summed E-state index contributed by atoms with van der Waals surface area (Å²) in [6.45, 7) is 25.8. The van der Waals surface area contributed by atoms with Gasteiger partial charge >= 0.3 is 0 Å². The molecule has 0 aliphatic carbocycles. The first-order chi connectivity index (χ1) is 23.5. The van der Waals surface area contributed by atoms with Crippen molar-refractivity contribution in [2.45, 2.75) is 123 Å². The molecular weight excluding hydrogens is 631 g/mol. The van der Waals surface area contributed by atoms with Gasteiger partial charge in [0, 0.05) is 28.5 Å². The number of aliphatic imine (C=N–C) groups is 1. The Balaban J connectivity index is 2.16. The topological polar surface area (TPSA) is 71.3 Å². The zero-order valence-corrected chi connectivity index (χ0v) is 33.5. The zero-order chi connectivity index (χ0) is 38.2. The highest BCUT2D eigenvalue weighted by atomic mass is 16.5. The number of rotatable bonds is 9. The van der Waals surface area contributed by atoms with Gasteiger partial charge in [0.25, 0.3) is 0 Å². The highest BCUT2D eigenvalue weighted by Gasteiger charge is 2.45. The molecule has 0 radical (unpaired) electrons. The summed E-state index contributed by atoms with van der Waals surface area (Å²) in [5.74, 6) is 1.30. The van der Waals surface area contributed by atoms with Gasteiger partial charge < -0.3 is 19.7 Å². The van der Waals surface area contributed by atoms with E-state index in [1.165, 1.54) is 0 Å². The van der Waals surface area contributed by atoms with Gasteiger partial charge in [0.1, 0.15) is 22.8 Å². The molecule has 1 unspecified atom stereocenters. The number of phenolic OH excluding ortho intramolecular Hbond substituents is 1. The molecule has 0 amide bonds. The molecule has 0 heterocycles. The largest absolute Gasteiger partial charge is 0.507 e. The van der Waals surface area contributed by atoms with Crippen molar-refractivity contribution < 1.29 is 19.7 Å². The van der Waals surface area contributed by atoms with Gasteiger partial charge in [0.15, 0.2) is 0 Å². The van der Waals surface area contributed by atoms with E-state index in [2.05, 4.69) is 126 Å². The molecule has 0 saturated heterocycles. The van der Waals surface area contributed by atoms with Gasteiger partial charge in [-0.1, -0.05) is 132 Å². The third-order valence-electron chi connectivity index (χ3n) is 9.91. The van der Waals surface area contributed by atoms with Crippen molar-refractivity contribution in [1.29, 1.82) is 0 Å². The van der Waals surface area contributed by atoms with Crippen LogP contribution in [0.1, 0.15) is 128 Å². The highest BCUT2D eigenvalue weighted by Crippen LogP contribution is 2.47. The van der Waals surface area contributed by atoms with Crippen LogP contribution in [0.25, 0.3) is 0 Å². The number of nitrogens with zero attached hydrogens (tertiary/aromatic N) is 1. The van der Waals surface area contributed by atoms with Gasteiger partial charge in [-0.25, -0.2) is 0 Å². The van der Waals surface area contributed by atoms with E-state index in [1.807, 2.05) is 36.4 Å². The molecule has 4 aromatic carbocycles. The van der Waals surface area contributed by atoms with Gasteiger partial charge in [-0.2, -0.15) is 0 Å². The van der Waals surface area contributed by atoms with Crippen molar-refractivity contribution >= 4 is 6.21 Å². The lowest BCUT2D eigenvalue weighted by Crippen LogP contribution is -2.42. The smallest absolute Gasteiger partial charge is 0.144 e. The first-order valence-corrected chi connectivity index (χ1v) is 18.1. The van der Waals surface area contributed by atoms with Crippen LogP contribution in [0.4, 0.5) is 0 Å². The van der Waals surface area contributed by atoms with Crippen molar-refractivity contribution in [3.8, 4) is 17.2 Å². The Hall–Kier alpha value is -4.09. The third kappa shape index (κ3) is 8.69. The fourth-order valence-corrected chi connectivity index (χ4v) is 6.52. The fraction of sp³-hybridized carbons (Fsp3) is 0.457. The van der Waals surface area contributed by atoms with Crippen LogP contribution in [0.15, 0.2) is 83.9 Å². The number of benzene rings is 4. The van der Waals surface area contributed by atoms with Gasteiger partial charge in [-0.05, 0) is 80.7 Å². The summed E-state index contributed by atoms with van der Waals surface area (Å²) in [7, 11) is 3.27. The van der Waals surface area contributed by atoms with Crippen LogP contribution in [0.2, 0.25) is 0 Å². The predicted molar refractivity (Wildman–Crippen MR) is 213 cm³/mol. The summed E-state index contributed by atoms with van der Waals surface area (Å²) in [6, 6.07) is 25.6. The minimum Gasteiger partial charge on any atom is -0.507 e. The van der Waals surface area contributed by atoms with E-state index in [1.54, 1.807) is 20.4 Å². The Morgan fingerprint density at radius 3 is 1.45 bits per heavy atom. The van der Waals surface area contributed by atoms with Crippen LogP contribution in [0.3, 0.4) is 0 Å². The lowest BCUT2D eigenvalue weighted by molar-refractivity contribution is 0.0475. The SMILES string of the molecule is COc1ccc(C(C)(C)C)cc1C(O)(c1cc(C(C)(C)C)ccc1OC)C(Cc1ccccc1)N=Cc1cc(C(C)(C)C)cc(C(C)(C)C)c1O. The monoisotopic (exact) mass is 691 g/mol. The van der Waals surface area contributed by atoms with Crippen LogP contribution in [-0.4, -0.2) is 36.7 Å². The number of aliphatic hydroxyl groups is 1. The minimum absolute atomic E-state index is 0.165. The maximum atomic E-state index is 13.9. The first kappa shape index (κ1) is 39.7. The van der Waals surface area contributed by atoms with E-state index in [-0.39, 0.29) is 27.4 Å². The van der Waals surface area contributed by atoms with Crippen molar-refractivity contribution in [3.05, 3.63) is 123 Å². The van der Waals surface area contributed by atoms with Crippen molar-refractivity contribution in [2.24, 2.45) is 4.99 Å². The molecule has 274 valence electrons. The molecule has 0 saturated carbocycles. The van der Waals surface area contributed by atoms with Crippen molar-refractivity contribution in [2.75, 3.05) is 14.2 Å². The Bertz CT molecular complexity index is 1780. The van der Waals surface area contributed by atoms with Crippen LogP contribution in [0.5, 0.6) is 17.2 Å². The van der Waals surface area contributed by atoms with E-state index in [0.717, 1.165) is 27.8 Å². The summed E-state index contributed by atoms with van der Waals surface area (Å²) in [5, 5.41) is 25.6. The molecular formula is C46H61NO4. The number of methoxy groups -OCH3 is 2. The Morgan fingerprint density at radius 2 is 1.04 bits per heavy atom. The van der Waals surface area contributed by atoms with Crippen LogP contribution in [0, 0.1) is 0 Å². The van der Waals surface area contributed by atoms with Crippen LogP contribution >= 0.6 is 0 Å². The molecule has 5 heteroatoms. The summed E-state index contributed by atoms with van der Waals surface area (Å²) in [5.41, 5.74) is 4.25. The molecule has 1 atom stereocenters. The molecule has 0 bridgehead atoms. The third-order valence-corrected chi connectivity index (χ3v) is 9.91. The standard InChI is InChI=1S/C46H61NO4/c1-42(2,3)32-20-22-38(50-13)35(26-32)46(49,36-27-33(43(4,5)6)21-23-39(36)51-14)40(24-30-18-16-15-17-19-30)47-29-31-25-34(44(7,8)9)28-37(41(31)48)45(10,11)12/h15-23,25-29,40,48-49H,24H2,1-14H3. The quantitative estimate of drug-likeness (QED) is 0.171. The molecule has 0 aromatic heterocycles. The average molecular weight is 692 g/mol. The van der Waals surface area contributed by atoms with Gasteiger partial charge in [-0.3, -0.25) is 4.99 Å². The van der Waals surface area contributed by atoms with Crippen molar-refractivity contribution in [3.63, 3.8) is 0 Å². The summed E-state index contributed by atoms with van der Waals surface area (Å²) >= 11 is 0. The van der Waals surface area contributed by atoms with E-state index in [0.29, 0.717) is 34.6 Å². The summed E-state index contributed by atoms with van der Waals surface area (Å²) in [6.07, 6.45) is 2.14. The number of ether oxygens (including phenoxy) is 2. The lowest BCUT2D eigenvalue weighted by Gasteiger charge is -2.38. The molecule has 4 aromatic rings. The number of phenols is 1. The highest BCUT2D eigenvalue weighted by molar-refractivity contribution is 5.85. The average Bonchev–Trinajstić information content (AvgIpc) is 3.04. The second kappa shape index (κ2) is 14.5. The summed E-state index contributed by atoms with van der Waals surface area (Å²) in [4.78, 5) is 5.31. The second-order valence-corrected chi connectivity index (χ2v) is 18.0. The van der Waals surface area contributed by atoms with Crippen LogP contribution < -0.4 is 9.47 Å². The Kier molecular flexibility index (Phi) is 11.3. The molecule has 2 N–H and O–H groups in total. The maximum Gasteiger partial charge on any atom is 0.144 e. The number of hydrogen-bond acceptors (Lipinski definition) is 5. The molecule has 0 aliphatic heterocycles. The molecule has 51 heavy (non-hydrogen) atoms. The molecule has 0 aliphatic rings. The Morgan fingerprint density at radius 1 is 0.588 bits per heavy atom. The van der Waals surface area contributed by atoms with Crippen LogP contribution in [-0.2, 0) is 33.7 Å². The zero-order valence-electron chi connectivity index (χ0n) is 33.5.